The summed E-state index contributed by atoms with van der Waals surface area (Å²) in [6.07, 6.45) is 1.99. The van der Waals surface area contributed by atoms with E-state index in [9.17, 15) is 0 Å². The summed E-state index contributed by atoms with van der Waals surface area (Å²) in [5.74, 6) is 1.77. The van der Waals surface area contributed by atoms with Gasteiger partial charge in [-0.2, -0.15) is 0 Å². The average Bonchev–Trinajstić information content (AvgIpc) is 2.81. The van der Waals surface area contributed by atoms with Crippen molar-refractivity contribution in [2.24, 2.45) is 0 Å². The number of hydrogen-bond acceptors (Lipinski definition) is 4. The molecule has 2 aromatic rings. The average molecular weight is 247 g/mol. The Morgan fingerprint density at radius 2 is 2.24 bits per heavy atom. The standard InChI is InChI=1S/C13H17N3S/c1-3-11-9-13(16-10(2)15-11)14-7-6-12-5-4-8-17-12/h4-5,8-9H,3,6-7H2,1-2H3,(H,14,15,16). The SMILES string of the molecule is CCc1cc(NCCc2cccs2)nc(C)n1. The molecule has 3 nitrogen and oxygen atoms in total. The van der Waals surface area contributed by atoms with E-state index < -0.39 is 0 Å². The molecule has 0 saturated heterocycles. The van der Waals surface area contributed by atoms with Gasteiger partial charge in [0.15, 0.2) is 0 Å². The molecular formula is C13H17N3S. The highest BCUT2D eigenvalue weighted by Gasteiger charge is 2.00. The van der Waals surface area contributed by atoms with E-state index in [-0.39, 0.29) is 0 Å². The van der Waals surface area contributed by atoms with Gasteiger partial charge < -0.3 is 5.32 Å². The fraction of sp³-hybridized carbons (Fsp3) is 0.385. The summed E-state index contributed by atoms with van der Waals surface area (Å²) in [5, 5.41) is 5.46. The zero-order chi connectivity index (χ0) is 12.1. The van der Waals surface area contributed by atoms with Gasteiger partial charge in [-0.3, -0.25) is 0 Å². The Morgan fingerprint density at radius 3 is 2.94 bits per heavy atom. The Morgan fingerprint density at radius 1 is 1.35 bits per heavy atom. The summed E-state index contributed by atoms with van der Waals surface area (Å²) in [6.45, 7) is 4.96. The third-order valence-electron chi connectivity index (χ3n) is 2.51. The lowest BCUT2D eigenvalue weighted by atomic mass is 10.3. The van der Waals surface area contributed by atoms with Crippen LogP contribution in [0.2, 0.25) is 0 Å². The summed E-state index contributed by atoms with van der Waals surface area (Å²) in [7, 11) is 0. The first kappa shape index (κ1) is 12.0. The molecule has 2 aromatic heterocycles. The van der Waals surface area contributed by atoms with Gasteiger partial charge in [-0.15, -0.1) is 11.3 Å². The quantitative estimate of drug-likeness (QED) is 0.882. The molecule has 0 aromatic carbocycles. The second-order valence-electron chi connectivity index (χ2n) is 3.90. The molecule has 0 atom stereocenters. The number of nitrogens with one attached hydrogen (secondary N) is 1. The van der Waals surface area contributed by atoms with Crippen LogP contribution in [-0.4, -0.2) is 16.5 Å². The van der Waals surface area contributed by atoms with E-state index in [1.807, 2.05) is 13.0 Å². The second kappa shape index (κ2) is 5.77. The Hall–Kier alpha value is -1.42. The Balaban J connectivity index is 1.92. The number of aryl methyl sites for hydroxylation is 2. The summed E-state index contributed by atoms with van der Waals surface area (Å²) in [4.78, 5) is 10.1. The lowest BCUT2D eigenvalue weighted by Gasteiger charge is -2.07. The van der Waals surface area contributed by atoms with Gasteiger partial charge in [0.1, 0.15) is 11.6 Å². The van der Waals surface area contributed by atoms with Crippen LogP contribution in [-0.2, 0) is 12.8 Å². The fourth-order valence-electron chi connectivity index (χ4n) is 1.67. The van der Waals surface area contributed by atoms with E-state index in [1.54, 1.807) is 11.3 Å². The maximum atomic E-state index is 4.38. The molecule has 0 radical (unpaired) electrons. The van der Waals surface area contributed by atoms with Crippen LogP contribution in [0.25, 0.3) is 0 Å². The molecule has 0 fully saturated rings. The number of aromatic nitrogens is 2. The Bertz CT molecular complexity index is 466. The molecule has 2 rings (SSSR count). The third kappa shape index (κ3) is 3.53. The van der Waals surface area contributed by atoms with E-state index in [0.717, 1.165) is 36.7 Å². The van der Waals surface area contributed by atoms with Crippen LogP contribution in [0.5, 0.6) is 0 Å². The molecule has 0 amide bonds. The molecule has 1 N–H and O–H groups in total. The maximum absolute atomic E-state index is 4.38. The second-order valence-corrected chi connectivity index (χ2v) is 4.93. The third-order valence-corrected chi connectivity index (χ3v) is 3.45. The van der Waals surface area contributed by atoms with Crippen LogP contribution in [0.15, 0.2) is 23.6 Å². The molecule has 0 unspecified atom stereocenters. The number of anilines is 1. The lowest BCUT2D eigenvalue weighted by Crippen LogP contribution is -2.07. The van der Waals surface area contributed by atoms with E-state index in [4.69, 9.17) is 0 Å². The normalized spacial score (nSPS) is 10.5. The number of nitrogens with zero attached hydrogens (tertiary/aromatic N) is 2. The first-order valence-corrected chi connectivity index (χ1v) is 6.76. The highest BCUT2D eigenvalue weighted by Crippen LogP contribution is 2.11. The van der Waals surface area contributed by atoms with Crippen LogP contribution in [0.1, 0.15) is 23.3 Å². The summed E-state index contributed by atoms with van der Waals surface area (Å²) in [6, 6.07) is 6.28. The van der Waals surface area contributed by atoms with Crippen LogP contribution in [0.4, 0.5) is 5.82 Å². The van der Waals surface area contributed by atoms with Gasteiger partial charge in [-0.05, 0) is 31.2 Å². The largest absolute Gasteiger partial charge is 0.370 e. The van der Waals surface area contributed by atoms with Gasteiger partial charge in [-0.1, -0.05) is 13.0 Å². The Kier molecular flexibility index (Phi) is 4.09. The van der Waals surface area contributed by atoms with Gasteiger partial charge >= 0.3 is 0 Å². The maximum Gasteiger partial charge on any atom is 0.129 e. The van der Waals surface area contributed by atoms with Gasteiger partial charge in [0, 0.05) is 23.2 Å². The van der Waals surface area contributed by atoms with Crippen LogP contribution in [0.3, 0.4) is 0 Å². The molecule has 4 heteroatoms. The van der Waals surface area contributed by atoms with Crippen molar-refractivity contribution in [3.8, 4) is 0 Å². The highest BCUT2D eigenvalue weighted by molar-refractivity contribution is 7.09. The van der Waals surface area contributed by atoms with Crippen LogP contribution in [0, 0.1) is 6.92 Å². The summed E-state index contributed by atoms with van der Waals surface area (Å²) in [5.41, 5.74) is 1.09. The molecule has 0 saturated carbocycles. The minimum Gasteiger partial charge on any atom is -0.370 e. The van der Waals surface area contributed by atoms with Gasteiger partial charge in [-0.25, -0.2) is 9.97 Å². The molecule has 0 aliphatic carbocycles. The fourth-order valence-corrected chi connectivity index (χ4v) is 2.38. The van der Waals surface area contributed by atoms with Crippen molar-refractivity contribution in [3.05, 3.63) is 40.0 Å². The molecule has 0 aliphatic heterocycles. The molecule has 2 heterocycles. The van der Waals surface area contributed by atoms with Gasteiger partial charge in [0.25, 0.3) is 0 Å². The monoisotopic (exact) mass is 247 g/mol. The van der Waals surface area contributed by atoms with Crippen LogP contribution < -0.4 is 5.32 Å². The van der Waals surface area contributed by atoms with Crippen molar-refractivity contribution < 1.29 is 0 Å². The van der Waals surface area contributed by atoms with Crippen LogP contribution >= 0.6 is 11.3 Å². The summed E-state index contributed by atoms with van der Waals surface area (Å²) >= 11 is 1.80. The molecule has 17 heavy (non-hydrogen) atoms. The van der Waals surface area contributed by atoms with Crippen molar-refractivity contribution in [1.29, 1.82) is 0 Å². The number of hydrogen-bond donors (Lipinski definition) is 1. The van der Waals surface area contributed by atoms with E-state index in [1.165, 1.54) is 4.88 Å². The summed E-state index contributed by atoms with van der Waals surface area (Å²) < 4.78 is 0. The predicted octanol–water partition coefficient (Wildman–Crippen LogP) is 3.06. The van der Waals surface area contributed by atoms with Crippen molar-refractivity contribution >= 4 is 17.2 Å². The van der Waals surface area contributed by atoms with Gasteiger partial charge in [0.05, 0.1) is 0 Å². The van der Waals surface area contributed by atoms with Crippen molar-refractivity contribution in [2.45, 2.75) is 26.7 Å². The molecule has 0 aliphatic rings. The predicted molar refractivity (Wildman–Crippen MR) is 72.7 cm³/mol. The number of thiophene rings is 1. The first-order chi connectivity index (χ1) is 8.28. The molecule has 0 bridgehead atoms. The Labute approximate surface area is 106 Å². The number of rotatable bonds is 5. The minimum atomic E-state index is 0.836. The minimum absolute atomic E-state index is 0.836. The van der Waals surface area contributed by atoms with Crippen molar-refractivity contribution in [2.75, 3.05) is 11.9 Å². The van der Waals surface area contributed by atoms with E-state index >= 15 is 0 Å². The van der Waals surface area contributed by atoms with Crippen molar-refractivity contribution in [1.82, 2.24) is 9.97 Å². The lowest BCUT2D eigenvalue weighted by molar-refractivity contribution is 0.935. The topological polar surface area (TPSA) is 37.8 Å². The smallest absolute Gasteiger partial charge is 0.129 e. The zero-order valence-electron chi connectivity index (χ0n) is 10.2. The molecule has 90 valence electrons. The van der Waals surface area contributed by atoms with Gasteiger partial charge in [0.2, 0.25) is 0 Å². The first-order valence-electron chi connectivity index (χ1n) is 5.88. The van der Waals surface area contributed by atoms with Crippen molar-refractivity contribution in [3.63, 3.8) is 0 Å². The van der Waals surface area contributed by atoms with E-state index in [2.05, 4.69) is 39.7 Å². The van der Waals surface area contributed by atoms with E-state index in [0.29, 0.717) is 0 Å². The zero-order valence-corrected chi connectivity index (χ0v) is 11.0. The highest BCUT2D eigenvalue weighted by atomic mass is 32.1. The molecular weight excluding hydrogens is 230 g/mol. The molecule has 0 spiro atoms.